The molecule has 152 valence electrons. The molecule has 0 spiro atoms. The minimum absolute atomic E-state index is 0. The average Bonchev–Trinajstić information content (AvgIpc) is 2.51. The molecule has 25 heavy (non-hydrogen) atoms. The Bertz CT molecular complexity index is 215. The first-order valence-electron chi connectivity index (χ1n) is 8.88. The fraction of sp³-hybridized carbons (Fsp3) is 0.889. The molecular weight excluding hydrogens is 403 g/mol. The average molecular weight is 443 g/mol. The minimum Gasteiger partial charge on any atom is -0.549 e. The number of aliphatic hydroxyl groups excluding tert-OH is 3. The van der Waals surface area contributed by atoms with Crippen LogP contribution >= 0.6 is 0 Å². The molecule has 0 aromatic carbocycles. The van der Waals surface area contributed by atoms with Crippen LogP contribution in [0.1, 0.15) is 79.6 Å². The molecule has 0 rings (SSSR count). The zero-order valence-electron chi connectivity index (χ0n) is 16.7. The fourth-order valence-corrected chi connectivity index (χ4v) is 1.09. The van der Waals surface area contributed by atoms with Gasteiger partial charge in [-0.3, -0.25) is 4.79 Å². The molecular formula is C18H39O6Zr-. The molecule has 1 atom stereocenters. The Kier molecular flexibility index (Phi) is 50.4. The number of unbranched alkanes of at least 4 members (excludes halogenated alkanes) is 3. The SMILES string of the molecule is CCC(C(C)=O)C(=O)[O-].CCCCO.CCCCO.CCCCO.[Zr]. The van der Waals surface area contributed by atoms with Gasteiger partial charge in [0.25, 0.3) is 0 Å². The van der Waals surface area contributed by atoms with E-state index in [2.05, 4.69) is 20.8 Å². The predicted octanol–water partition coefficient (Wildman–Crippen LogP) is 1.69. The number of aliphatic carboxylic acids is 1. The number of hydrogen-bond acceptors (Lipinski definition) is 6. The molecule has 3 N–H and O–H groups in total. The van der Waals surface area contributed by atoms with Crippen molar-refractivity contribution in [2.24, 2.45) is 5.92 Å². The zero-order valence-corrected chi connectivity index (χ0v) is 19.2. The molecule has 0 fully saturated rings. The number of Topliss-reactive ketones (excluding diaryl/α,β-unsaturated/α-hetero) is 1. The van der Waals surface area contributed by atoms with E-state index in [1.807, 2.05) is 0 Å². The summed E-state index contributed by atoms with van der Waals surface area (Å²) >= 11 is 0. The second kappa shape index (κ2) is 35.1. The van der Waals surface area contributed by atoms with Crippen LogP contribution in [-0.4, -0.2) is 46.9 Å². The van der Waals surface area contributed by atoms with Gasteiger partial charge >= 0.3 is 0 Å². The van der Waals surface area contributed by atoms with Gasteiger partial charge in [0.15, 0.2) is 0 Å². The van der Waals surface area contributed by atoms with Crippen LogP contribution in [0.5, 0.6) is 0 Å². The second-order valence-corrected chi connectivity index (χ2v) is 5.12. The van der Waals surface area contributed by atoms with Gasteiger partial charge in [-0.1, -0.05) is 47.0 Å². The Hall–Kier alpha value is -0.0969. The smallest absolute Gasteiger partial charge is 0.138 e. The zero-order chi connectivity index (χ0) is 19.8. The Morgan fingerprint density at radius 2 is 1.08 bits per heavy atom. The number of carbonyl (C=O) groups excluding carboxylic acids is 2. The van der Waals surface area contributed by atoms with Crippen LogP contribution in [0.15, 0.2) is 0 Å². The second-order valence-electron chi connectivity index (χ2n) is 5.12. The number of aliphatic hydroxyl groups is 3. The van der Waals surface area contributed by atoms with E-state index in [-0.39, 0.29) is 32.0 Å². The third-order valence-electron chi connectivity index (χ3n) is 2.72. The summed E-state index contributed by atoms with van der Waals surface area (Å²) in [4.78, 5) is 20.4. The van der Waals surface area contributed by atoms with E-state index >= 15 is 0 Å². The first kappa shape index (κ1) is 35.9. The van der Waals surface area contributed by atoms with Crippen LogP contribution in [-0.2, 0) is 35.8 Å². The van der Waals surface area contributed by atoms with Gasteiger partial charge in [0.1, 0.15) is 5.78 Å². The molecule has 0 heterocycles. The largest absolute Gasteiger partial charge is 0.549 e. The molecule has 0 aliphatic rings. The van der Waals surface area contributed by atoms with Crippen LogP contribution in [0.25, 0.3) is 0 Å². The summed E-state index contributed by atoms with van der Waals surface area (Å²) in [6.45, 7) is 10.1. The predicted molar refractivity (Wildman–Crippen MR) is 95.5 cm³/mol. The van der Waals surface area contributed by atoms with Gasteiger partial charge in [-0.2, -0.15) is 0 Å². The summed E-state index contributed by atoms with van der Waals surface area (Å²) in [7, 11) is 0. The maximum atomic E-state index is 10.4. The molecule has 0 bridgehead atoms. The number of carboxylic acids is 1. The van der Waals surface area contributed by atoms with Gasteiger partial charge in [-0.15, -0.1) is 0 Å². The molecule has 0 aliphatic carbocycles. The summed E-state index contributed by atoms with van der Waals surface area (Å²) in [5.74, 6) is -2.52. The Morgan fingerprint density at radius 3 is 1.08 bits per heavy atom. The van der Waals surface area contributed by atoms with Crippen molar-refractivity contribution in [2.45, 2.75) is 79.6 Å². The minimum atomic E-state index is -1.27. The van der Waals surface area contributed by atoms with E-state index in [9.17, 15) is 14.7 Å². The van der Waals surface area contributed by atoms with Gasteiger partial charge in [0.2, 0.25) is 0 Å². The molecule has 0 saturated heterocycles. The van der Waals surface area contributed by atoms with E-state index in [1.165, 1.54) is 6.92 Å². The molecule has 0 aliphatic heterocycles. The van der Waals surface area contributed by atoms with Crippen molar-refractivity contribution in [2.75, 3.05) is 19.8 Å². The van der Waals surface area contributed by atoms with E-state index in [4.69, 9.17) is 15.3 Å². The van der Waals surface area contributed by atoms with Crippen LogP contribution in [0, 0.1) is 5.92 Å². The fourth-order valence-electron chi connectivity index (χ4n) is 1.09. The normalized spacial score (nSPS) is 9.60. The van der Waals surface area contributed by atoms with E-state index in [0.717, 1.165) is 38.5 Å². The van der Waals surface area contributed by atoms with Crippen LogP contribution in [0.4, 0.5) is 0 Å². The number of ketones is 1. The van der Waals surface area contributed by atoms with E-state index < -0.39 is 11.9 Å². The van der Waals surface area contributed by atoms with Crippen molar-refractivity contribution >= 4 is 11.8 Å². The maximum absolute atomic E-state index is 10.4. The van der Waals surface area contributed by atoms with E-state index in [0.29, 0.717) is 26.2 Å². The molecule has 1 unspecified atom stereocenters. The number of hydrogen-bond donors (Lipinski definition) is 3. The number of carbonyl (C=O) groups is 2. The van der Waals surface area contributed by atoms with Gasteiger partial charge in [0, 0.05) is 46.0 Å². The Labute approximate surface area is 173 Å². The first-order valence-corrected chi connectivity index (χ1v) is 8.88. The van der Waals surface area contributed by atoms with Crippen molar-refractivity contribution in [3.8, 4) is 0 Å². The van der Waals surface area contributed by atoms with Crippen LogP contribution < -0.4 is 5.11 Å². The van der Waals surface area contributed by atoms with Gasteiger partial charge < -0.3 is 25.2 Å². The first-order chi connectivity index (χ1) is 11.3. The molecule has 6 nitrogen and oxygen atoms in total. The van der Waals surface area contributed by atoms with Crippen molar-refractivity contribution in [1.29, 1.82) is 0 Å². The quantitative estimate of drug-likeness (QED) is 0.468. The summed E-state index contributed by atoms with van der Waals surface area (Å²) in [5.41, 5.74) is 0. The van der Waals surface area contributed by atoms with Crippen molar-refractivity contribution in [3.63, 3.8) is 0 Å². The van der Waals surface area contributed by atoms with Crippen molar-refractivity contribution < 1.29 is 56.2 Å². The molecule has 0 radical (unpaired) electrons. The third kappa shape index (κ3) is 45.3. The molecule has 0 saturated carbocycles. The molecule has 0 aromatic heterocycles. The summed E-state index contributed by atoms with van der Waals surface area (Å²) < 4.78 is 0. The van der Waals surface area contributed by atoms with Crippen LogP contribution in [0.3, 0.4) is 0 Å². The van der Waals surface area contributed by atoms with Gasteiger partial charge in [-0.25, -0.2) is 0 Å². The number of carboxylic acid groups (broad SMARTS) is 1. The van der Waals surface area contributed by atoms with Crippen molar-refractivity contribution in [1.82, 2.24) is 0 Å². The Balaban J connectivity index is -0.0000000733. The number of rotatable bonds is 9. The molecule has 0 aromatic rings. The monoisotopic (exact) mass is 441 g/mol. The summed E-state index contributed by atoms with van der Waals surface area (Å²) in [6.07, 6.45) is 6.43. The van der Waals surface area contributed by atoms with Crippen LogP contribution in [0.2, 0.25) is 0 Å². The van der Waals surface area contributed by atoms with E-state index in [1.54, 1.807) is 6.92 Å². The molecule has 0 amide bonds. The van der Waals surface area contributed by atoms with Gasteiger partial charge in [0.05, 0.1) is 11.9 Å². The topological polar surface area (TPSA) is 118 Å². The summed E-state index contributed by atoms with van der Waals surface area (Å²) in [5, 5.41) is 34.2. The third-order valence-corrected chi connectivity index (χ3v) is 2.72. The maximum Gasteiger partial charge on any atom is 0.138 e. The standard InChI is InChI=1S/C6H10O3.3C4H10O.Zr/c1-3-5(4(2)7)6(8)9;3*1-2-3-4-5;/h5H,3H2,1-2H3,(H,8,9);3*5H,2-4H2,1H3;/p-1. The van der Waals surface area contributed by atoms with Gasteiger partial charge in [-0.05, 0) is 32.6 Å². The van der Waals surface area contributed by atoms with Crippen molar-refractivity contribution in [3.05, 3.63) is 0 Å². The summed E-state index contributed by atoms with van der Waals surface area (Å²) in [6, 6.07) is 0. The Morgan fingerprint density at radius 1 is 0.800 bits per heavy atom. The molecule has 7 heteroatoms.